The fourth-order valence-corrected chi connectivity index (χ4v) is 4.81. The van der Waals surface area contributed by atoms with Gasteiger partial charge in [-0.2, -0.15) is 4.31 Å². The van der Waals surface area contributed by atoms with Crippen LogP contribution < -0.4 is 0 Å². The molecule has 1 atom stereocenters. The van der Waals surface area contributed by atoms with E-state index >= 15 is 0 Å². The number of halogens is 1. The zero-order chi connectivity index (χ0) is 23.0. The summed E-state index contributed by atoms with van der Waals surface area (Å²) in [5, 5.41) is 0.0468. The first-order chi connectivity index (χ1) is 14.8. The molecule has 2 aromatic rings. The molecule has 1 unspecified atom stereocenters. The summed E-state index contributed by atoms with van der Waals surface area (Å²) in [6.45, 7) is 9.69. The Hall–Kier alpha value is -2.07. The molecule has 2 heterocycles. The third-order valence-electron chi connectivity index (χ3n) is 4.83. The monoisotopic (exact) mass is 468 g/mol. The molecule has 0 amide bonds. The van der Waals surface area contributed by atoms with Crippen LogP contribution in [0.5, 0.6) is 0 Å². The second kappa shape index (κ2) is 11.5. The Morgan fingerprint density at radius 3 is 2.32 bits per heavy atom. The fourth-order valence-electron chi connectivity index (χ4n) is 3.16. The predicted molar refractivity (Wildman–Crippen MR) is 120 cm³/mol. The van der Waals surface area contributed by atoms with E-state index in [0.717, 1.165) is 0 Å². The normalized spacial score (nSPS) is 16.2. The molecular formula is C21H29ClN4O4S. The number of benzene rings is 1. The number of ether oxygens (including phenoxy) is 1. The van der Waals surface area contributed by atoms with Crippen LogP contribution in [-0.2, 0) is 14.8 Å². The number of carbonyl (C=O) groups excluding carboxylic acids is 1. The Bertz CT molecular complexity index is 965. The van der Waals surface area contributed by atoms with Crippen LogP contribution in [0.15, 0.2) is 41.4 Å². The number of nitrogens with zero attached hydrogens (tertiary/aromatic N) is 4. The van der Waals surface area contributed by atoms with Crippen molar-refractivity contribution < 1.29 is 17.9 Å². The van der Waals surface area contributed by atoms with Gasteiger partial charge in [0.2, 0.25) is 10.0 Å². The number of hydrogen-bond acceptors (Lipinski definition) is 7. The van der Waals surface area contributed by atoms with Gasteiger partial charge in [0.25, 0.3) is 0 Å². The number of aromatic nitrogens is 2. The first-order valence-corrected chi connectivity index (χ1v) is 12.1. The second-order valence-corrected chi connectivity index (χ2v) is 8.88. The molecule has 0 saturated carbocycles. The van der Waals surface area contributed by atoms with E-state index in [-0.39, 0.29) is 23.4 Å². The molecule has 0 aliphatic carbocycles. The highest BCUT2D eigenvalue weighted by Crippen LogP contribution is 2.24. The number of carbonyl (C=O) groups is 1. The zero-order valence-electron chi connectivity index (χ0n) is 18.3. The van der Waals surface area contributed by atoms with Gasteiger partial charge in [0.05, 0.1) is 17.5 Å². The lowest BCUT2D eigenvalue weighted by Gasteiger charge is -2.36. The van der Waals surface area contributed by atoms with Crippen molar-refractivity contribution in [2.75, 3.05) is 32.8 Å². The maximum atomic E-state index is 12.8. The fraction of sp³-hybridized carbons (Fsp3) is 0.476. The van der Waals surface area contributed by atoms with Gasteiger partial charge in [-0.05, 0) is 26.0 Å². The summed E-state index contributed by atoms with van der Waals surface area (Å²) >= 11 is 6.14. The second-order valence-electron chi connectivity index (χ2n) is 6.58. The molecule has 1 aromatic carbocycles. The van der Waals surface area contributed by atoms with Crippen molar-refractivity contribution in [3.8, 4) is 0 Å². The standard InChI is InChI=1S/C19H23ClN4O4S.C2H6/c1-3-28-19(25)16-13-21-18(22-17(16)20)14(2)23-9-11-24(12-10-23)29(26,27)15-7-5-4-6-8-15;1-2/h4-8,13-14H,3,9-12H2,1-2H3;1-2H3. The van der Waals surface area contributed by atoms with Crippen LogP contribution in [0.1, 0.15) is 49.9 Å². The minimum Gasteiger partial charge on any atom is -0.462 e. The molecule has 1 saturated heterocycles. The van der Waals surface area contributed by atoms with Crippen molar-refractivity contribution >= 4 is 27.6 Å². The Balaban J connectivity index is 0.00000166. The molecule has 0 N–H and O–H groups in total. The van der Waals surface area contributed by atoms with Crippen LogP contribution in [0.4, 0.5) is 0 Å². The lowest BCUT2D eigenvalue weighted by atomic mass is 10.2. The molecule has 0 bridgehead atoms. The Kier molecular flexibility index (Phi) is 9.36. The molecule has 1 aliphatic rings. The molecule has 8 nitrogen and oxygen atoms in total. The average Bonchev–Trinajstić information content (AvgIpc) is 2.80. The van der Waals surface area contributed by atoms with E-state index in [1.165, 1.54) is 10.5 Å². The minimum atomic E-state index is -3.50. The molecule has 1 aliphatic heterocycles. The summed E-state index contributed by atoms with van der Waals surface area (Å²) in [5.41, 5.74) is 0.128. The number of rotatable bonds is 6. The van der Waals surface area contributed by atoms with E-state index in [4.69, 9.17) is 16.3 Å². The van der Waals surface area contributed by atoms with Crippen LogP contribution in [0, 0.1) is 0 Å². The molecule has 3 rings (SSSR count). The van der Waals surface area contributed by atoms with Gasteiger partial charge in [0, 0.05) is 32.4 Å². The molecule has 1 fully saturated rings. The smallest absolute Gasteiger partial charge is 0.342 e. The van der Waals surface area contributed by atoms with E-state index in [2.05, 4.69) is 14.9 Å². The largest absolute Gasteiger partial charge is 0.462 e. The van der Waals surface area contributed by atoms with E-state index < -0.39 is 16.0 Å². The Morgan fingerprint density at radius 1 is 1.16 bits per heavy atom. The Labute approximate surface area is 189 Å². The first kappa shape index (κ1) is 25.2. The highest BCUT2D eigenvalue weighted by Gasteiger charge is 2.31. The molecule has 10 heteroatoms. The highest BCUT2D eigenvalue weighted by atomic mass is 35.5. The van der Waals surface area contributed by atoms with Gasteiger partial charge in [-0.15, -0.1) is 0 Å². The van der Waals surface area contributed by atoms with Gasteiger partial charge in [-0.25, -0.2) is 23.2 Å². The zero-order valence-corrected chi connectivity index (χ0v) is 19.9. The van der Waals surface area contributed by atoms with E-state index in [1.54, 1.807) is 37.3 Å². The van der Waals surface area contributed by atoms with Crippen LogP contribution >= 0.6 is 11.6 Å². The highest BCUT2D eigenvalue weighted by molar-refractivity contribution is 7.89. The maximum Gasteiger partial charge on any atom is 0.342 e. The summed E-state index contributed by atoms with van der Waals surface area (Å²) < 4.78 is 31.9. The van der Waals surface area contributed by atoms with Crippen molar-refractivity contribution in [3.05, 3.63) is 53.1 Å². The molecule has 1 aromatic heterocycles. The summed E-state index contributed by atoms with van der Waals surface area (Å²) in [7, 11) is -3.50. The van der Waals surface area contributed by atoms with Crippen LogP contribution in [-0.4, -0.2) is 66.3 Å². The topological polar surface area (TPSA) is 92.7 Å². The van der Waals surface area contributed by atoms with Crippen molar-refractivity contribution in [2.45, 2.75) is 38.6 Å². The number of hydrogen-bond donors (Lipinski definition) is 0. The summed E-state index contributed by atoms with van der Waals surface area (Å²) in [6, 6.07) is 8.25. The Morgan fingerprint density at radius 2 is 1.77 bits per heavy atom. The summed E-state index contributed by atoms with van der Waals surface area (Å²) in [5.74, 6) is -0.0844. The molecule has 31 heavy (non-hydrogen) atoms. The molecule has 0 spiro atoms. The first-order valence-electron chi connectivity index (χ1n) is 10.3. The van der Waals surface area contributed by atoms with Crippen molar-refractivity contribution in [1.29, 1.82) is 0 Å². The van der Waals surface area contributed by atoms with Crippen LogP contribution in [0.2, 0.25) is 5.15 Å². The minimum absolute atomic E-state index is 0.0468. The van der Waals surface area contributed by atoms with Gasteiger partial charge in [0.1, 0.15) is 16.5 Å². The quantitative estimate of drug-likeness (QED) is 0.473. The third-order valence-corrected chi connectivity index (χ3v) is 7.03. The van der Waals surface area contributed by atoms with Gasteiger partial charge in [-0.3, -0.25) is 4.90 Å². The SMILES string of the molecule is CC.CCOC(=O)c1cnc(C(C)N2CCN(S(=O)(=O)c3ccccc3)CC2)nc1Cl. The number of sulfonamides is 1. The van der Waals surface area contributed by atoms with Crippen molar-refractivity contribution in [2.24, 2.45) is 0 Å². The van der Waals surface area contributed by atoms with Crippen molar-refractivity contribution in [1.82, 2.24) is 19.2 Å². The predicted octanol–water partition coefficient (Wildman–Crippen LogP) is 3.40. The van der Waals surface area contributed by atoms with E-state index in [0.29, 0.717) is 36.9 Å². The van der Waals surface area contributed by atoms with Gasteiger partial charge >= 0.3 is 5.97 Å². The lowest BCUT2D eigenvalue weighted by Crippen LogP contribution is -2.49. The van der Waals surface area contributed by atoms with E-state index in [9.17, 15) is 13.2 Å². The van der Waals surface area contributed by atoms with Gasteiger partial charge < -0.3 is 4.74 Å². The third kappa shape index (κ3) is 6.00. The van der Waals surface area contributed by atoms with Crippen LogP contribution in [0.3, 0.4) is 0 Å². The number of piperazine rings is 1. The lowest BCUT2D eigenvalue weighted by molar-refractivity contribution is 0.0525. The average molecular weight is 469 g/mol. The molecule has 170 valence electrons. The summed E-state index contributed by atoms with van der Waals surface area (Å²) in [4.78, 5) is 22.7. The number of esters is 1. The molecule has 0 radical (unpaired) electrons. The van der Waals surface area contributed by atoms with E-state index in [1.807, 2.05) is 20.8 Å². The maximum absolute atomic E-state index is 12.8. The van der Waals surface area contributed by atoms with Gasteiger partial charge in [-0.1, -0.05) is 43.6 Å². The van der Waals surface area contributed by atoms with Crippen LogP contribution in [0.25, 0.3) is 0 Å². The van der Waals surface area contributed by atoms with Crippen molar-refractivity contribution in [3.63, 3.8) is 0 Å². The summed E-state index contributed by atoms with van der Waals surface area (Å²) in [6.07, 6.45) is 1.37. The molecular weight excluding hydrogens is 440 g/mol. The van der Waals surface area contributed by atoms with Gasteiger partial charge in [0.15, 0.2) is 0 Å².